The molecule has 0 aliphatic carbocycles. The lowest BCUT2D eigenvalue weighted by atomic mass is 10.2. The maximum absolute atomic E-state index is 9.81. The Balaban J connectivity index is 1.92. The third-order valence-electron chi connectivity index (χ3n) is 3.24. The molecule has 3 rings (SSSR count). The highest BCUT2D eigenvalue weighted by Gasteiger charge is 2.36. The van der Waals surface area contributed by atoms with Crippen LogP contribution in [0.5, 0.6) is 0 Å². The number of hydrogen-bond donors (Lipinski definition) is 3. The number of ether oxygens (including phenoxy) is 1. The number of nitrogens with zero attached hydrogens (tertiary/aromatic N) is 4. The van der Waals surface area contributed by atoms with Gasteiger partial charge in [-0.05, 0) is 0 Å². The minimum atomic E-state index is -0.918. The van der Waals surface area contributed by atoms with Gasteiger partial charge in [0, 0.05) is 12.6 Å². The summed E-state index contributed by atoms with van der Waals surface area (Å²) in [6.45, 7) is -0.246. The molecule has 3 heterocycles. The predicted molar refractivity (Wildman–Crippen MR) is 65.5 cm³/mol. The first-order valence-electron chi connectivity index (χ1n) is 5.95. The monoisotopic (exact) mass is 266 g/mol. The first kappa shape index (κ1) is 12.4. The molecule has 0 bridgehead atoms. The van der Waals surface area contributed by atoms with Crippen LogP contribution in [0.4, 0.5) is 5.82 Å². The van der Waals surface area contributed by atoms with Crippen LogP contribution in [0.3, 0.4) is 0 Å². The van der Waals surface area contributed by atoms with Crippen LogP contribution in [-0.4, -0.2) is 56.2 Å². The van der Waals surface area contributed by atoms with E-state index >= 15 is 0 Å². The van der Waals surface area contributed by atoms with Gasteiger partial charge in [0.25, 0.3) is 0 Å². The summed E-state index contributed by atoms with van der Waals surface area (Å²) in [5.41, 5.74) is 0.392. The van der Waals surface area contributed by atoms with Crippen LogP contribution in [0.15, 0.2) is 16.3 Å². The van der Waals surface area contributed by atoms with Gasteiger partial charge in [0.15, 0.2) is 5.82 Å². The maximum Gasteiger partial charge on any atom is 0.162 e. The number of hydrogen-bond acceptors (Lipinski definition) is 7. The molecule has 8 heteroatoms. The number of fused-ring (bicyclic) bond motifs is 1. The molecule has 0 unspecified atom stereocenters. The maximum atomic E-state index is 9.81. The van der Waals surface area contributed by atoms with Crippen molar-refractivity contribution in [2.24, 2.45) is 9.98 Å². The van der Waals surface area contributed by atoms with Gasteiger partial charge in [-0.2, -0.15) is 0 Å². The lowest BCUT2D eigenvalue weighted by Crippen LogP contribution is -2.24. The summed E-state index contributed by atoms with van der Waals surface area (Å²) in [6.07, 6.45) is 1.77. The smallest absolute Gasteiger partial charge is 0.162 e. The van der Waals surface area contributed by atoms with E-state index < -0.39 is 24.5 Å². The topological polar surface area (TPSA) is 112 Å². The number of rotatable bonds is 2. The summed E-state index contributed by atoms with van der Waals surface area (Å²) < 4.78 is 7.16. The molecule has 1 fully saturated rings. The van der Waals surface area contributed by atoms with Crippen molar-refractivity contribution in [1.82, 2.24) is 9.55 Å². The van der Waals surface area contributed by atoms with Gasteiger partial charge in [-0.15, -0.1) is 0 Å². The Labute approximate surface area is 108 Å². The van der Waals surface area contributed by atoms with E-state index in [1.165, 1.54) is 18.9 Å². The van der Waals surface area contributed by atoms with Crippen molar-refractivity contribution in [2.75, 3.05) is 6.61 Å². The molecule has 0 spiro atoms. The molecule has 1 aromatic rings. The Bertz CT molecular complexity index is 527. The van der Waals surface area contributed by atoms with Gasteiger partial charge in [-0.1, -0.05) is 0 Å². The molecule has 0 aromatic carbocycles. The Kier molecular flexibility index (Phi) is 3.15. The second-order valence-electron chi connectivity index (χ2n) is 4.46. The lowest BCUT2D eigenvalue weighted by Gasteiger charge is -2.14. The molecular formula is C11H14N4O4. The van der Waals surface area contributed by atoms with Crippen LogP contribution in [-0.2, 0) is 4.74 Å². The highest BCUT2D eigenvalue weighted by molar-refractivity contribution is 5.80. The van der Waals surface area contributed by atoms with Crippen LogP contribution in [0.25, 0.3) is 0 Å². The molecule has 0 radical (unpaired) electrons. The van der Waals surface area contributed by atoms with Crippen LogP contribution in [0, 0.1) is 0 Å². The summed E-state index contributed by atoms with van der Waals surface area (Å²) in [7, 11) is 0. The highest BCUT2D eigenvalue weighted by Crippen LogP contribution is 2.35. The average molecular weight is 266 g/mol. The molecular weight excluding hydrogens is 252 g/mol. The summed E-state index contributed by atoms with van der Waals surface area (Å²) in [6, 6.07) is 0. The third kappa shape index (κ3) is 2.08. The van der Waals surface area contributed by atoms with E-state index in [1.54, 1.807) is 4.57 Å². The zero-order valence-electron chi connectivity index (χ0n) is 9.99. The van der Waals surface area contributed by atoms with E-state index in [-0.39, 0.29) is 6.61 Å². The van der Waals surface area contributed by atoms with Gasteiger partial charge in [-0.25, -0.2) is 15.0 Å². The van der Waals surface area contributed by atoms with Crippen LogP contribution in [0.1, 0.15) is 24.4 Å². The van der Waals surface area contributed by atoms with Crippen molar-refractivity contribution in [2.45, 2.75) is 31.0 Å². The van der Waals surface area contributed by atoms with Crippen molar-refractivity contribution in [3.05, 3.63) is 12.0 Å². The molecule has 0 saturated carbocycles. The molecule has 1 aromatic heterocycles. The summed E-state index contributed by atoms with van der Waals surface area (Å²) in [4.78, 5) is 12.0. The molecule has 2 aliphatic rings. The minimum absolute atomic E-state index is 0.246. The Morgan fingerprint density at radius 1 is 1.42 bits per heavy atom. The Morgan fingerprint density at radius 3 is 3.00 bits per heavy atom. The normalized spacial score (nSPS) is 33.4. The molecule has 8 nitrogen and oxygen atoms in total. The lowest BCUT2D eigenvalue weighted by molar-refractivity contribution is -0.0438. The average Bonchev–Trinajstić information content (AvgIpc) is 2.93. The fourth-order valence-corrected chi connectivity index (χ4v) is 2.25. The number of aromatic nitrogens is 2. The first-order valence-corrected chi connectivity index (χ1v) is 5.95. The first-order chi connectivity index (χ1) is 9.20. The molecule has 4 atom stereocenters. The van der Waals surface area contributed by atoms with E-state index in [0.717, 1.165) is 0 Å². The van der Waals surface area contributed by atoms with E-state index in [1.807, 2.05) is 0 Å². The fraction of sp³-hybridized carbons (Fsp3) is 0.545. The number of aliphatic hydroxyl groups excluding tert-OH is 3. The van der Waals surface area contributed by atoms with Gasteiger partial charge in [0.2, 0.25) is 0 Å². The highest BCUT2D eigenvalue weighted by atomic mass is 16.5. The SMILES string of the molecule is OC[C@H]1O[C@@H](n2cnc3c2N=CN=C[C@H]3O)C[C@@H]1O. The van der Waals surface area contributed by atoms with Crippen molar-refractivity contribution in [3.63, 3.8) is 0 Å². The van der Waals surface area contributed by atoms with Gasteiger partial charge in [0.05, 0.1) is 19.0 Å². The molecule has 0 amide bonds. The van der Waals surface area contributed by atoms with Crippen LogP contribution in [0.2, 0.25) is 0 Å². The minimum Gasteiger partial charge on any atom is -0.394 e. The van der Waals surface area contributed by atoms with Gasteiger partial charge in [-0.3, -0.25) is 4.57 Å². The van der Waals surface area contributed by atoms with Crippen molar-refractivity contribution in [3.8, 4) is 0 Å². The summed E-state index contributed by atoms with van der Waals surface area (Å²) in [5, 5.41) is 28.6. The van der Waals surface area contributed by atoms with Crippen molar-refractivity contribution < 1.29 is 20.1 Å². The van der Waals surface area contributed by atoms with Gasteiger partial charge < -0.3 is 20.1 Å². The van der Waals surface area contributed by atoms with Gasteiger partial charge in [0.1, 0.15) is 30.5 Å². The molecule has 2 aliphatic heterocycles. The molecule has 102 valence electrons. The zero-order valence-corrected chi connectivity index (χ0v) is 9.99. The van der Waals surface area contributed by atoms with E-state index in [2.05, 4.69) is 15.0 Å². The zero-order chi connectivity index (χ0) is 13.4. The van der Waals surface area contributed by atoms with Crippen molar-refractivity contribution in [1.29, 1.82) is 0 Å². The molecule has 19 heavy (non-hydrogen) atoms. The summed E-state index contributed by atoms with van der Waals surface area (Å²) in [5.74, 6) is 0.445. The van der Waals surface area contributed by atoms with Crippen LogP contribution < -0.4 is 0 Å². The number of aliphatic hydroxyl groups is 3. The number of aliphatic imine (C=N–C) groups is 2. The standard InChI is InChI=1S/C11H14N4O4/c16-3-8-6(17)1-9(19-8)15-5-14-10-7(18)2-12-4-13-11(10)15/h2,4-9,16-18H,1,3H2/t6-,7+,8+,9+/m0/s1. The predicted octanol–water partition coefficient (Wildman–Crippen LogP) is -0.699. The van der Waals surface area contributed by atoms with Gasteiger partial charge >= 0.3 is 0 Å². The second kappa shape index (κ2) is 4.82. The Morgan fingerprint density at radius 2 is 2.26 bits per heavy atom. The summed E-state index contributed by atoms with van der Waals surface area (Å²) >= 11 is 0. The largest absolute Gasteiger partial charge is 0.394 e. The van der Waals surface area contributed by atoms with Crippen LogP contribution >= 0.6 is 0 Å². The third-order valence-corrected chi connectivity index (χ3v) is 3.24. The number of imidazole rings is 1. The van der Waals surface area contributed by atoms with E-state index in [0.29, 0.717) is 17.9 Å². The second-order valence-corrected chi connectivity index (χ2v) is 4.46. The molecule has 1 saturated heterocycles. The van der Waals surface area contributed by atoms with E-state index in [9.17, 15) is 10.2 Å². The quantitative estimate of drug-likeness (QED) is 0.655. The molecule has 3 N–H and O–H groups in total. The Hall–Kier alpha value is -1.61. The van der Waals surface area contributed by atoms with E-state index in [4.69, 9.17) is 9.84 Å². The fourth-order valence-electron chi connectivity index (χ4n) is 2.25. The van der Waals surface area contributed by atoms with Crippen molar-refractivity contribution >= 4 is 18.4 Å².